The van der Waals surface area contributed by atoms with Crippen molar-refractivity contribution >= 4 is 17.0 Å². The van der Waals surface area contributed by atoms with E-state index in [4.69, 9.17) is 4.42 Å². The molecule has 1 aromatic carbocycles. The number of oxazole rings is 1. The van der Waals surface area contributed by atoms with Crippen molar-refractivity contribution in [2.75, 3.05) is 20.6 Å². The molecule has 1 fully saturated rings. The van der Waals surface area contributed by atoms with Crippen LogP contribution in [0.5, 0.6) is 0 Å². The smallest absolute Gasteiger partial charge is 0.408 e. The Balaban J connectivity index is 1.47. The molecular formula is C25H30F3N5O3. The second-order valence-electron chi connectivity index (χ2n) is 9.84. The number of aromatic nitrogens is 3. The van der Waals surface area contributed by atoms with Crippen molar-refractivity contribution in [2.24, 2.45) is 5.41 Å². The van der Waals surface area contributed by atoms with Crippen LogP contribution in [0, 0.1) is 19.3 Å². The normalized spacial score (nSPS) is 16.8. The lowest BCUT2D eigenvalue weighted by Crippen LogP contribution is -2.43. The van der Waals surface area contributed by atoms with Crippen molar-refractivity contribution in [1.29, 1.82) is 0 Å². The van der Waals surface area contributed by atoms with Crippen LogP contribution >= 0.6 is 0 Å². The summed E-state index contributed by atoms with van der Waals surface area (Å²) in [7, 11) is 3.74. The highest BCUT2D eigenvalue weighted by molar-refractivity contribution is 5.78. The van der Waals surface area contributed by atoms with E-state index in [9.17, 15) is 22.8 Å². The number of carbonyl (C=O) groups excluding carboxylic acids is 1. The fourth-order valence-electron chi connectivity index (χ4n) is 4.77. The number of benzene rings is 1. The number of amides is 1. The van der Waals surface area contributed by atoms with E-state index in [-0.39, 0.29) is 31.8 Å². The van der Waals surface area contributed by atoms with Gasteiger partial charge < -0.3 is 14.6 Å². The zero-order valence-electron chi connectivity index (χ0n) is 20.7. The molecule has 11 heteroatoms. The first kappa shape index (κ1) is 25.9. The number of likely N-dealkylation sites (N-methyl/N-ethyl adjacent to an activating group) is 1. The van der Waals surface area contributed by atoms with E-state index in [0.29, 0.717) is 28.9 Å². The Labute approximate surface area is 206 Å². The van der Waals surface area contributed by atoms with E-state index in [1.165, 1.54) is 12.4 Å². The number of rotatable bonds is 9. The second kappa shape index (κ2) is 9.68. The van der Waals surface area contributed by atoms with Crippen LogP contribution in [0.2, 0.25) is 0 Å². The van der Waals surface area contributed by atoms with Crippen LogP contribution in [0.25, 0.3) is 11.1 Å². The Morgan fingerprint density at radius 2 is 1.89 bits per heavy atom. The number of carbonyl (C=O) groups is 1. The summed E-state index contributed by atoms with van der Waals surface area (Å²) in [6, 6.07) is 3.54. The zero-order chi connectivity index (χ0) is 26.3. The van der Waals surface area contributed by atoms with Gasteiger partial charge in [-0.15, -0.1) is 0 Å². The third kappa shape index (κ3) is 5.16. The maximum atomic E-state index is 14.0. The van der Waals surface area contributed by atoms with Gasteiger partial charge in [0.25, 0.3) is 0 Å². The van der Waals surface area contributed by atoms with E-state index >= 15 is 0 Å². The standard InChI is InChI=1S/C25H30F3N5O3/c1-14-16(5-6-20-22(14)36-23(35)32-20)9-18(33(3)4)13-31-21(34)10-19(17-11-29-15(2)30-12-17)24(7-8-24)25(26,27)28/h5-6,11-12,18-19H,7-10,13H2,1-4H3,(H,31,34)(H,32,35)/t18-,19-/m0/s1. The lowest BCUT2D eigenvalue weighted by molar-refractivity contribution is -0.194. The first-order chi connectivity index (χ1) is 16.9. The predicted octanol–water partition coefficient (Wildman–Crippen LogP) is 3.63. The second-order valence-corrected chi connectivity index (χ2v) is 9.84. The summed E-state index contributed by atoms with van der Waals surface area (Å²) in [5, 5.41) is 2.84. The number of fused-ring (bicyclic) bond motifs is 1. The number of nitrogens with zero attached hydrogens (tertiary/aromatic N) is 3. The van der Waals surface area contributed by atoms with Gasteiger partial charge in [-0.05, 0) is 70.0 Å². The molecule has 3 aromatic rings. The SMILES string of the molecule is Cc1ncc([C@H](CC(=O)NC[C@H](Cc2ccc3[nH]c(=O)oc3c2C)N(C)C)C2(C(F)(F)F)CC2)cn1. The third-order valence-corrected chi connectivity index (χ3v) is 7.28. The molecule has 4 rings (SSSR count). The average molecular weight is 506 g/mol. The lowest BCUT2D eigenvalue weighted by Gasteiger charge is -2.30. The third-order valence-electron chi connectivity index (χ3n) is 7.28. The maximum absolute atomic E-state index is 14.0. The van der Waals surface area contributed by atoms with Gasteiger partial charge in [-0.25, -0.2) is 14.8 Å². The Bertz CT molecular complexity index is 1290. The summed E-state index contributed by atoms with van der Waals surface area (Å²) in [6.45, 7) is 3.77. The molecule has 2 aromatic heterocycles. The molecule has 8 nitrogen and oxygen atoms in total. The topological polar surface area (TPSA) is 104 Å². The highest BCUT2D eigenvalue weighted by atomic mass is 19.4. The molecule has 36 heavy (non-hydrogen) atoms. The predicted molar refractivity (Wildman–Crippen MR) is 128 cm³/mol. The van der Waals surface area contributed by atoms with E-state index in [1.54, 1.807) is 13.0 Å². The van der Waals surface area contributed by atoms with E-state index < -0.39 is 29.2 Å². The van der Waals surface area contributed by atoms with Crippen molar-refractivity contribution < 1.29 is 22.4 Å². The van der Waals surface area contributed by atoms with E-state index in [1.807, 2.05) is 32.0 Å². The first-order valence-corrected chi connectivity index (χ1v) is 11.8. The molecule has 0 radical (unpaired) electrons. The van der Waals surface area contributed by atoms with E-state index in [2.05, 4.69) is 20.3 Å². The van der Waals surface area contributed by atoms with Crippen LogP contribution in [-0.2, 0) is 11.2 Å². The Kier molecular flexibility index (Phi) is 6.96. The Morgan fingerprint density at radius 1 is 1.22 bits per heavy atom. The summed E-state index contributed by atoms with van der Waals surface area (Å²) in [5.41, 5.74) is 1.28. The first-order valence-electron chi connectivity index (χ1n) is 11.8. The minimum atomic E-state index is -4.42. The van der Waals surface area contributed by atoms with Gasteiger partial charge in [0, 0.05) is 37.3 Å². The van der Waals surface area contributed by atoms with Gasteiger partial charge in [-0.1, -0.05) is 6.07 Å². The van der Waals surface area contributed by atoms with Gasteiger partial charge in [0.2, 0.25) is 5.91 Å². The van der Waals surface area contributed by atoms with Gasteiger partial charge in [0.15, 0.2) is 5.58 Å². The summed E-state index contributed by atoms with van der Waals surface area (Å²) in [6.07, 6.45) is -1.41. The molecule has 0 saturated heterocycles. The van der Waals surface area contributed by atoms with Crippen LogP contribution in [0.4, 0.5) is 13.2 Å². The zero-order valence-corrected chi connectivity index (χ0v) is 20.7. The Morgan fingerprint density at radius 3 is 2.47 bits per heavy atom. The molecule has 0 spiro atoms. The minimum absolute atomic E-state index is 0.0142. The number of aryl methyl sites for hydroxylation is 2. The molecule has 2 heterocycles. The quantitative estimate of drug-likeness (QED) is 0.460. The fraction of sp³-hybridized carbons (Fsp3) is 0.520. The highest BCUT2D eigenvalue weighted by Crippen LogP contribution is 2.66. The highest BCUT2D eigenvalue weighted by Gasteiger charge is 2.67. The molecule has 1 saturated carbocycles. The van der Waals surface area contributed by atoms with Gasteiger partial charge >= 0.3 is 11.9 Å². The maximum Gasteiger partial charge on any atom is 0.417 e. The summed E-state index contributed by atoms with van der Waals surface area (Å²) < 4.78 is 47.1. The average Bonchev–Trinajstić information content (AvgIpc) is 3.53. The van der Waals surface area contributed by atoms with Crippen molar-refractivity contribution in [3.8, 4) is 0 Å². The van der Waals surface area contributed by atoms with Gasteiger partial charge in [0.1, 0.15) is 5.82 Å². The summed E-state index contributed by atoms with van der Waals surface area (Å²) in [5.74, 6) is -1.56. The largest absolute Gasteiger partial charge is 0.417 e. The lowest BCUT2D eigenvalue weighted by atomic mass is 9.81. The molecule has 0 bridgehead atoms. The Hall–Kier alpha value is -3.21. The number of alkyl halides is 3. The molecule has 1 aliphatic rings. The minimum Gasteiger partial charge on any atom is -0.408 e. The van der Waals surface area contributed by atoms with Gasteiger partial charge in [0.05, 0.1) is 10.9 Å². The van der Waals surface area contributed by atoms with Crippen molar-refractivity contribution in [1.82, 2.24) is 25.2 Å². The number of nitrogens with one attached hydrogen (secondary N) is 2. The molecule has 1 amide bonds. The van der Waals surface area contributed by atoms with Crippen molar-refractivity contribution in [3.63, 3.8) is 0 Å². The number of hydrogen-bond acceptors (Lipinski definition) is 6. The summed E-state index contributed by atoms with van der Waals surface area (Å²) in [4.78, 5) is 37.2. The molecule has 2 atom stereocenters. The van der Waals surface area contributed by atoms with Crippen LogP contribution in [0.3, 0.4) is 0 Å². The number of aromatic amines is 1. The number of halogens is 3. The number of H-pyrrole nitrogens is 1. The van der Waals surface area contributed by atoms with Crippen LogP contribution < -0.4 is 11.1 Å². The van der Waals surface area contributed by atoms with Crippen LogP contribution in [0.15, 0.2) is 33.7 Å². The molecule has 0 unspecified atom stereocenters. The van der Waals surface area contributed by atoms with Crippen molar-refractivity contribution in [3.05, 3.63) is 57.6 Å². The molecule has 194 valence electrons. The van der Waals surface area contributed by atoms with Crippen LogP contribution in [-0.4, -0.2) is 58.6 Å². The molecule has 2 N–H and O–H groups in total. The monoisotopic (exact) mass is 505 g/mol. The molecule has 0 aliphatic heterocycles. The van der Waals surface area contributed by atoms with E-state index in [0.717, 1.165) is 11.1 Å². The van der Waals surface area contributed by atoms with Gasteiger partial charge in [-0.2, -0.15) is 13.2 Å². The number of hydrogen-bond donors (Lipinski definition) is 2. The van der Waals surface area contributed by atoms with Gasteiger partial charge in [-0.3, -0.25) is 9.78 Å². The van der Waals surface area contributed by atoms with Crippen molar-refractivity contribution in [2.45, 2.75) is 57.7 Å². The summed E-state index contributed by atoms with van der Waals surface area (Å²) >= 11 is 0. The van der Waals surface area contributed by atoms with Crippen LogP contribution in [0.1, 0.15) is 47.7 Å². The fourth-order valence-corrected chi connectivity index (χ4v) is 4.77. The molecule has 1 aliphatic carbocycles. The molecular weight excluding hydrogens is 475 g/mol.